The fourth-order valence-electron chi connectivity index (χ4n) is 3.14. The lowest BCUT2D eigenvalue weighted by Crippen LogP contribution is -2.20. The average molecular weight is 550 g/mol. The van der Waals surface area contributed by atoms with Crippen molar-refractivity contribution in [3.05, 3.63) is 82.3 Å². The maximum Gasteiger partial charge on any atom is 0.266 e. The molecular formula is C27H24BrN3O5. The zero-order chi connectivity index (χ0) is 25.9. The van der Waals surface area contributed by atoms with Crippen molar-refractivity contribution in [1.29, 1.82) is 5.26 Å². The van der Waals surface area contributed by atoms with Crippen molar-refractivity contribution in [2.75, 3.05) is 31.0 Å². The molecule has 0 saturated carbocycles. The number of carbonyl (C=O) groups excluding carboxylic acids is 2. The van der Waals surface area contributed by atoms with Crippen LogP contribution < -0.4 is 24.8 Å². The van der Waals surface area contributed by atoms with Gasteiger partial charge in [-0.3, -0.25) is 9.59 Å². The van der Waals surface area contributed by atoms with E-state index in [9.17, 15) is 14.9 Å². The van der Waals surface area contributed by atoms with Gasteiger partial charge < -0.3 is 24.8 Å². The first kappa shape index (κ1) is 26.3. The van der Waals surface area contributed by atoms with Gasteiger partial charge in [-0.15, -0.1) is 0 Å². The van der Waals surface area contributed by atoms with Crippen LogP contribution in [0.25, 0.3) is 6.08 Å². The number of nitriles is 1. The summed E-state index contributed by atoms with van der Waals surface area (Å²) in [6.45, 7) is 2.12. The fraction of sp³-hybridized carbons (Fsp3) is 0.148. The van der Waals surface area contributed by atoms with Crippen LogP contribution in [0.15, 0.2) is 76.8 Å². The van der Waals surface area contributed by atoms with Gasteiger partial charge >= 0.3 is 0 Å². The molecule has 0 aliphatic carbocycles. The van der Waals surface area contributed by atoms with Gasteiger partial charge in [-0.05, 0) is 67.6 Å². The van der Waals surface area contributed by atoms with Gasteiger partial charge in [0.25, 0.3) is 11.8 Å². The fourth-order valence-corrected chi connectivity index (χ4v) is 3.52. The molecule has 0 aliphatic rings. The van der Waals surface area contributed by atoms with Gasteiger partial charge in [0.1, 0.15) is 28.9 Å². The molecule has 184 valence electrons. The van der Waals surface area contributed by atoms with Gasteiger partial charge in [0.2, 0.25) is 0 Å². The van der Waals surface area contributed by atoms with Crippen LogP contribution in [-0.2, 0) is 9.59 Å². The van der Waals surface area contributed by atoms with Crippen LogP contribution >= 0.6 is 15.9 Å². The van der Waals surface area contributed by atoms with Crippen molar-refractivity contribution in [1.82, 2.24) is 0 Å². The SMILES string of the molecule is CCOc1ccc(NC(=O)/C(C#N)=C/c2cc(Br)ccc2OCC(=O)Nc2ccccc2OC)cc1. The zero-order valence-electron chi connectivity index (χ0n) is 19.7. The summed E-state index contributed by atoms with van der Waals surface area (Å²) in [4.78, 5) is 25.2. The molecule has 0 bridgehead atoms. The van der Waals surface area contributed by atoms with Gasteiger partial charge in [0.15, 0.2) is 6.61 Å². The Kier molecular flexibility index (Phi) is 9.48. The summed E-state index contributed by atoms with van der Waals surface area (Å²) in [5, 5.41) is 15.0. The normalized spacial score (nSPS) is 10.7. The quantitative estimate of drug-likeness (QED) is 0.258. The molecule has 0 atom stereocenters. The Morgan fingerprint density at radius 2 is 1.75 bits per heavy atom. The van der Waals surface area contributed by atoms with Crippen molar-refractivity contribution in [2.45, 2.75) is 6.92 Å². The Morgan fingerprint density at radius 3 is 2.44 bits per heavy atom. The number of methoxy groups -OCH3 is 1. The van der Waals surface area contributed by atoms with Gasteiger partial charge in [-0.25, -0.2) is 0 Å². The molecule has 8 nitrogen and oxygen atoms in total. The van der Waals surface area contributed by atoms with E-state index in [4.69, 9.17) is 14.2 Å². The minimum absolute atomic E-state index is 0.134. The molecule has 0 radical (unpaired) electrons. The number of hydrogen-bond donors (Lipinski definition) is 2. The third-order valence-corrected chi connectivity index (χ3v) is 5.29. The maximum atomic E-state index is 12.7. The van der Waals surface area contributed by atoms with E-state index in [2.05, 4.69) is 26.6 Å². The predicted octanol–water partition coefficient (Wildman–Crippen LogP) is 5.42. The van der Waals surface area contributed by atoms with Gasteiger partial charge in [-0.1, -0.05) is 28.1 Å². The summed E-state index contributed by atoms with van der Waals surface area (Å²) in [6.07, 6.45) is 1.40. The second-order valence-corrected chi connectivity index (χ2v) is 8.22. The molecule has 0 spiro atoms. The van der Waals surface area contributed by atoms with Crippen LogP contribution in [0.3, 0.4) is 0 Å². The second kappa shape index (κ2) is 13.0. The van der Waals surface area contributed by atoms with E-state index in [0.29, 0.717) is 45.3 Å². The van der Waals surface area contributed by atoms with Gasteiger partial charge in [0.05, 0.1) is 19.4 Å². The Labute approximate surface area is 217 Å². The van der Waals surface area contributed by atoms with Crippen LogP contribution in [0.1, 0.15) is 12.5 Å². The smallest absolute Gasteiger partial charge is 0.266 e. The average Bonchev–Trinajstić information content (AvgIpc) is 2.88. The third-order valence-electron chi connectivity index (χ3n) is 4.80. The van der Waals surface area contributed by atoms with E-state index in [0.717, 1.165) is 0 Å². The molecule has 0 heterocycles. The first-order chi connectivity index (χ1) is 17.4. The number of halogens is 1. The lowest BCUT2D eigenvalue weighted by Gasteiger charge is -2.12. The first-order valence-corrected chi connectivity index (χ1v) is 11.7. The van der Waals surface area contributed by atoms with Crippen LogP contribution in [-0.4, -0.2) is 32.1 Å². The summed E-state index contributed by atoms with van der Waals surface area (Å²) in [6, 6.07) is 20.8. The molecule has 0 fully saturated rings. The number of rotatable bonds is 10. The molecule has 0 unspecified atom stereocenters. The second-order valence-electron chi connectivity index (χ2n) is 7.30. The highest BCUT2D eigenvalue weighted by molar-refractivity contribution is 9.10. The highest BCUT2D eigenvalue weighted by atomic mass is 79.9. The molecular weight excluding hydrogens is 526 g/mol. The van der Waals surface area contributed by atoms with Crippen LogP contribution in [0, 0.1) is 11.3 Å². The molecule has 0 aromatic heterocycles. The van der Waals surface area contributed by atoms with E-state index >= 15 is 0 Å². The minimum Gasteiger partial charge on any atom is -0.495 e. The van der Waals surface area contributed by atoms with E-state index in [1.165, 1.54) is 13.2 Å². The maximum absolute atomic E-state index is 12.7. The topological polar surface area (TPSA) is 110 Å². The molecule has 2 amide bonds. The largest absolute Gasteiger partial charge is 0.495 e. The van der Waals surface area contributed by atoms with Gasteiger partial charge in [-0.2, -0.15) is 5.26 Å². The van der Waals surface area contributed by atoms with E-state index < -0.39 is 11.8 Å². The van der Waals surface area contributed by atoms with Crippen molar-refractivity contribution in [3.63, 3.8) is 0 Å². The molecule has 3 aromatic rings. The molecule has 36 heavy (non-hydrogen) atoms. The van der Waals surface area contributed by atoms with Gasteiger partial charge in [0, 0.05) is 15.7 Å². The lowest BCUT2D eigenvalue weighted by molar-refractivity contribution is -0.118. The molecule has 3 aromatic carbocycles. The van der Waals surface area contributed by atoms with Crippen molar-refractivity contribution in [2.24, 2.45) is 0 Å². The molecule has 0 saturated heterocycles. The number of para-hydroxylation sites is 2. The molecule has 3 rings (SSSR count). The highest BCUT2D eigenvalue weighted by Crippen LogP contribution is 2.27. The Balaban J connectivity index is 1.72. The highest BCUT2D eigenvalue weighted by Gasteiger charge is 2.14. The van der Waals surface area contributed by atoms with Crippen molar-refractivity contribution >= 4 is 45.2 Å². The van der Waals surface area contributed by atoms with Crippen molar-refractivity contribution in [3.8, 4) is 23.3 Å². The summed E-state index contributed by atoms with van der Waals surface area (Å²) in [5.41, 5.74) is 1.35. The Hall–Kier alpha value is -4.29. The van der Waals surface area contributed by atoms with E-state index in [1.54, 1.807) is 66.7 Å². The number of nitrogens with one attached hydrogen (secondary N) is 2. The Bertz CT molecular complexity index is 1300. The number of hydrogen-bond acceptors (Lipinski definition) is 6. The summed E-state index contributed by atoms with van der Waals surface area (Å²) < 4.78 is 17.0. The number of amides is 2. The zero-order valence-corrected chi connectivity index (χ0v) is 21.3. The van der Waals surface area contributed by atoms with Crippen LogP contribution in [0.5, 0.6) is 17.2 Å². The third kappa shape index (κ3) is 7.35. The molecule has 9 heteroatoms. The lowest BCUT2D eigenvalue weighted by atomic mass is 10.1. The standard InChI is InChI=1S/C27H24BrN3O5/c1-3-35-22-11-9-21(10-12-22)30-27(33)19(16-29)14-18-15-20(28)8-13-24(18)36-17-26(32)31-23-6-4-5-7-25(23)34-2/h4-15H,3,17H2,1-2H3,(H,30,33)(H,31,32)/b19-14+. The number of ether oxygens (including phenoxy) is 3. The predicted molar refractivity (Wildman–Crippen MR) is 141 cm³/mol. The monoisotopic (exact) mass is 549 g/mol. The van der Waals surface area contributed by atoms with Crippen molar-refractivity contribution < 1.29 is 23.8 Å². The summed E-state index contributed by atoms with van der Waals surface area (Å²) in [5.74, 6) is 0.551. The first-order valence-electron chi connectivity index (χ1n) is 10.9. The van der Waals surface area contributed by atoms with Crippen LogP contribution in [0.4, 0.5) is 11.4 Å². The van der Waals surface area contributed by atoms with E-state index in [-0.39, 0.29) is 12.2 Å². The summed E-state index contributed by atoms with van der Waals surface area (Å²) >= 11 is 3.39. The molecule has 0 aliphatic heterocycles. The molecule has 2 N–H and O–H groups in total. The van der Waals surface area contributed by atoms with Crippen LogP contribution in [0.2, 0.25) is 0 Å². The Morgan fingerprint density at radius 1 is 1.00 bits per heavy atom. The summed E-state index contributed by atoms with van der Waals surface area (Å²) in [7, 11) is 1.51. The number of benzene rings is 3. The van der Waals surface area contributed by atoms with E-state index in [1.807, 2.05) is 13.0 Å². The minimum atomic E-state index is -0.582. The number of carbonyl (C=O) groups is 2. The number of anilines is 2. The number of nitrogens with zero attached hydrogens (tertiary/aromatic N) is 1.